The van der Waals surface area contributed by atoms with Crippen LogP contribution in [0.5, 0.6) is 0 Å². The lowest BCUT2D eigenvalue weighted by Gasteiger charge is -2.32. The lowest BCUT2D eigenvalue weighted by molar-refractivity contribution is 0.00578. The van der Waals surface area contributed by atoms with E-state index in [4.69, 9.17) is 13.7 Å². The lowest BCUT2D eigenvalue weighted by atomic mass is 9.86. The highest BCUT2D eigenvalue weighted by Crippen LogP contribution is 2.37. The highest BCUT2D eigenvalue weighted by Gasteiger charge is 2.53. The summed E-state index contributed by atoms with van der Waals surface area (Å²) in [6.45, 7) is 8.14. The van der Waals surface area contributed by atoms with Crippen LogP contribution in [0, 0.1) is 0 Å². The third-order valence-electron chi connectivity index (χ3n) is 4.76. The number of nitrogens with zero attached hydrogens (tertiary/aromatic N) is 1. The maximum Gasteiger partial charge on any atom is 0.532 e. The molecule has 1 fully saturated rings. The van der Waals surface area contributed by atoms with Crippen LogP contribution in [0.2, 0.25) is 0 Å². The van der Waals surface area contributed by atoms with Crippen LogP contribution in [0.4, 0.5) is 0 Å². The van der Waals surface area contributed by atoms with Gasteiger partial charge in [0.25, 0.3) is 0 Å². The molecular formula is C17H18BNO3. The van der Waals surface area contributed by atoms with Crippen LogP contribution in [0.15, 0.2) is 40.9 Å². The van der Waals surface area contributed by atoms with Crippen molar-refractivity contribution in [3.05, 3.63) is 36.5 Å². The minimum absolute atomic E-state index is 0.378. The van der Waals surface area contributed by atoms with Crippen molar-refractivity contribution >= 4 is 34.7 Å². The molecule has 3 aromatic rings. The Kier molecular flexibility index (Phi) is 2.72. The molecular weight excluding hydrogens is 277 g/mol. The molecule has 0 radical (unpaired) electrons. The van der Waals surface area contributed by atoms with Crippen LogP contribution in [0.3, 0.4) is 0 Å². The van der Waals surface area contributed by atoms with Gasteiger partial charge >= 0.3 is 7.12 Å². The zero-order chi connectivity index (χ0) is 15.5. The van der Waals surface area contributed by atoms with Crippen molar-refractivity contribution in [2.75, 3.05) is 0 Å². The summed E-state index contributed by atoms with van der Waals surface area (Å²) in [6, 6.07) is 9.91. The van der Waals surface area contributed by atoms with Crippen LogP contribution < -0.4 is 5.66 Å². The first kappa shape index (κ1) is 13.8. The Labute approximate surface area is 129 Å². The Morgan fingerprint density at radius 1 is 1.00 bits per heavy atom. The van der Waals surface area contributed by atoms with E-state index in [2.05, 4.69) is 4.98 Å². The zero-order valence-corrected chi connectivity index (χ0v) is 13.2. The Morgan fingerprint density at radius 3 is 2.41 bits per heavy atom. The predicted octanol–water partition coefficient (Wildman–Crippen LogP) is 3.28. The Bertz CT molecular complexity index is 853. The molecule has 1 aliphatic heterocycles. The molecule has 112 valence electrons. The Hall–Kier alpha value is -1.85. The molecule has 0 unspecified atom stereocenters. The first-order chi connectivity index (χ1) is 10.4. The van der Waals surface area contributed by atoms with E-state index in [-0.39, 0.29) is 11.2 Å². The average Bonchev–Trinajstić information content (AvgIpc) is 2.98. The molecule has 0 aliphatic carbocycles. The second-order valence-corrected chi connectivity index (χ2v) is 6.80. The third kappa shape index (κ3) is 1.89. The van der Waals surface area contributed by atoms with Gasteiger partial charge in [-0.3, -0.25) is 4.98 Å². The van der Waals surface area contributed by atoms with E-state index in [1.165, 1.54) is 0 Å². The van der Waals surface area contributed by atoms with Crippen molar-refractivity contribution in [1.29, 1.82) is 0 Å². The van der Waals surface area contributed by atoms with E-state index < -0.39 is 7.12 Å². The van der Waals surface area contributed by atoms with E-state index in [1.807, 2.05) is 64.2 Å². The van der Waals surface area contributed by atoms with Crippen LogP contribution in [0.1, 0.15) is 27.7 Å². The summed E-state index contributed by atoms with van der Waals surface area (Å²) in [5, 5.41) is 1.96. The zero-order valence-electron chi connectivity index (χ0n) is 13.2. The van der Waals surface area contributed by atoms with Gasteiger partial charge in [-0.1, -0.05) is 12.1 Å². The summed E-state index contributed by atoms with van der Waals surface area (Å²) < 4.78 is 18.2. The number of pyridine rings is 1. The molecule has 22 heavy (non-hydrogen) atoms. The minimum atomic E-state index is -0.490. The van der Waals surface area contributed by atoms with Crippen molar-refractivity contribution in [2.24, 2.45) is 0 Å². The minimum Gasteiger partial charge on any atom is -0.464 e. The molecule has 0 bridgehead atoms. The van der Waals surface area contributed by atoms with Gasteiger partial charge in [0.1, 0.15) is 11.2 Å². The van der Waals surface area contributed by atoms with E-state index >= 15 is 0 Å². The molecule has 0 atom stereocenters. The molecule has 0 N–H and O–H groups in total. The highest BCUT2D eigenvalue weighted by atomic mass is 16.7. The van der Waals surface area contributed by atoms with E-state index in [0.29, 0.717) is 5.66 Å². The molecule has 1 aromatic carbocycles. The number of benzene rings is 1. The summed E-state index contributed by atoms with van der Waals surface area (Å²) in [5.41, 5.74) is 1.68. The first-order valence-corrected chi connectivity index (χ1v) is 7.50. The average molecular weight is 295 g/mol. The van der Waals surface area contributed by atoms with Gasteiger partial charge in [-0.15, -0.1) is 0 Å². The fourth-order valence-electron chi connectivity index (χ4n) is 2.72. The Balaban J connectivity index is 1.83. The molecule has 3 heterocycles. The van der Waals surface area contributed by atoms with Crippen molar-refractivity contribution in [3.63, 3.8) is 0 Å². The largest absolute Gasteiger partial charge is 0.532 e. The van der Waals surface area contributed by atoms with E-state index in [9.17, 15) is 0 Å². The second-order valence-electron chi connectivity index (χ2n) is 6.80. The number of rotatable bonds is 1. The number of furan rings is 1. The maximum atomic E-state index is 6.06. The lowest BCUT2D eigenvalue weighted by Crippen LogP contribution is -2.41. The molecule has 2 aromatic heterocycles. The second kappa shape index (κ2) is 4.34. The molecule has 4 nitrogen and oxygen atoms in total. The smallest absolute Gasteiger partial charge is 0.464 e. The van der Waals surface area contributed by atoms with Gasteiger partial charge in [-0.25, -0.2) is 0 Å². The van der Waals surface area contributed by atoms with Crippen LogP contribution in [-0.2, 0) is 9.31 Å². The van der Waals surface area contributed by atoms with Gasteiger partial charge in [0.2, 0.25) is 0 Å². The summed E-state index contributed by atoms with van der Waals surface area (Å²) >= 11 is 0. The molecule has 1 aliphatic rings. The topological polar surface area (TPSA) is 44.5 Å². The molecule has 0 amide bonds. The van der Waals surface area contributed by atoms with E-state index in [1.54, 1.807) is 0 Å². The van der Waals surface area contributed by atoms with Gasteiger partial charge in [0.05, 0.1) is 16.7 Å². The molecule has 0 spiro atoms. The van der Waals surface area contributed by atoms with Gasteiger partial charge in [0.15, 0.2) is 0 Å². The van der Waals surface area contributed by atoms with Gasteiger partial charge in [-0.05, 0) is 45.9 Å². The number of fused-ring (bicyclic) bond motifs is 3. The van der Waals surface area contributed by atoms with Crippen LogP contribution >= 0.6 is 0 Å². The SMILES string of the molecule is CC1(C)OB(c2cc3cnc4ccccc4c3o2)OC1(C)C. The molecule has 1 saturated heterocycles. The Morgan fingerprint density at radius 2 is 1.68 bits per heavy atom. The van der Waals surface area contributed by atoms with E-state index in [0.717, 1.165) is 21.9 Å². The number of hydrogen-bond donors (Lipinski definition) is 0. The van der Waals surface area contributed by atoms with Crippen molar-refractivity contribution in [3.8, 4) is 0 Å². The van der Waals surface area contributed by atoms with Crippen LogP contribution in [0.25, 0.3) is 21.9 Å². The normalized spacial score (nSPS) is 20.1. The van der Waals surface area contributed by atoms with Crippen LogP contribution in [-0.4, -0.2) is 23.3 Å². The number of para-hydroxylation sites is 1. The summed E-state index contributed by atoms with van der Waals surface area (Å²) in [6.07, 6.45) is 1.83. The molecule has 5 heteroatoms. The number of aromatic nitrogens is 1. The fourth-order valence-corrected chi connectivity index (χ4v) is 2.72. The summed E-state index contributed by atoms with van der Waals surface area (Å²) in [4.78, 5) is 4.46. The molecule has 0 saturated carbocycles. The highest BCUT2D eigenvalue weighted by molar-refractivity contribution is 6.61. The number of hydrogen-bond acceptors (Lipinski definition) is 4. The quantitative estimate of drug-likeness (QED) is 0.646. The van der Waals surface area contributed by atoms with Crippen molar-refractivity contribution in [2.45, 2.75) is 38.9 Å². The van der Waals surface area contributed by atoms with Gasteiger partial charge in [0, 0.05) is 17.0 Å². The third-order valence-corrected chi connectivity index (χ3v) is 4.76. The molecule has 4 rings (SSSR count). The monoisotopic (exact) mass is 295 g/mol. The van der Waals surface area contributed by atoms with Crippen molar-refractivity contribution < 1.29 is 13.7 Å². The van der Waals surface area contributed by atoms with Crippen molar-refractivity contribution in [1.82, 2.24) is 4.98 Å². The first-order valence-electron chi connectivity index (χ1n) is 7.50. The standard InChI is InChI=1S/C17H18BNO3/c1-16(2)17(3,4)22-18(21-16)14-9-11-10-19-13-8-6-5-7-12(13)15(11)20-14/h5-10H,1-4H3. The predicted molar refractivity (Wildman–Crippen MR) is 87.2 cm³/mol. The summed E-state index contributed by atoms with van der Waals surface area (Å²) in [5.74, 6) is 0. The van der Waals surface area contributed by atoms with Gasteiger partial charge in [-0.2, -0.15) is 0 Å². The summed E-state index contributed by atoms with van der Waals surface area (Å²) in [7, 11) is -0.490. The van der Waals surface area contributed by atoms with Gasteiger partial charge < -0.3 is 13.7 Å². The maximum absolute atomic E-state index is 6.06. The fraction of sp³-hybridized carbons (Fsp3) is 0.353.